The number of rotatable bonds is 6. The number of benzene rings is 2. The van der Waals surface area contributed by atoms with Crippen LogP contribution in [0.5, 0.6) is 5.75 Å². The fourth-order valence-electron chi connectivity index (χ4n) is 4.11. The maximum atomic E-state index is 10.1. The molecule has 0 aliphatic carbocycles. The van der Waals surface area contributed by atoms with Gasteiger partial charge in [-0.25, -0.2) is 0 Å². The molecule has 2 aliphatic rings. The lowest BCUT2D eigenvalue weighted by Gasteiger charge is -2.32. The zero-order valence-electron chi connectivity index (χ0n) is 16.9. The summed E-state index contributed by atoms with van der Waals surface area (Å²) in [4.78, 5) is 0. The molecule has 2 N–H and O–H groups in total. The lowest BCUT2D eigenvalue weighted by atomic mass is 9.92. The third kappa shape index (κ3) is 5.17. The van der Waals surface area contributed by atoms with Crippen molar-refractivity contribution in [2.45, 2.75) is 57.0 Å². The Bertz CT molecular complexity index is 797. The van der Waals surface area contributed by atoms with E-state index in [9.17, 15) is 10.2 Å². The van der Waals surface area contributed by atoms with Crippen molar-refractivity contribution in [1.29, 1.82) is 0 Å². The summed E-state index contributed by atoms with van der Waals surface area (Å²) in [6.45, 7) is 3.50. The zero-order valence-corrected chi connectivity index (χ0v) is 16.9. The SMILES string of the molecule is Cc1ccc([C@H]2C[C@@H](O)C[C@@H](CO)O2)cc1Cc1ccc(O[C@@H]2CCOC2)cc1. The van der Waals surface area contributed by atoms with Gasteiger partial charge < -0.3 is 24.4 Å². The van der Waals surface area contributed by atoms with Gasteiger partial charge in [-0.1, -0.05) is 30.3 Å². The van der Waals surface area contributed by atoms with Gasteiger partial charge in [-0.15, -0.1) is 0 Å². The van der Waals surface area contributed by atoms with Crippen LogP contribution in [0, 0.1) is 6.92 Å². The summed E-state index contributed by atoms with van der Waals surface area (Å²) in [5.41, 5.74) is 4.75. The van der Waals surface area contributed by atoms with Crippen LogP contribution in [-0.4, -0.2) is 48.3 Å². The van der Waals surface area contributed by atoms with Crippen molar-refractivity contribution in [1.82, 2.24) is 0 Å². The van der Waals surface area contributed by atoms with Gasteiger partial charge in [-0.3, -0.25) is 0 Å². The Morgan fingerprint density at radius 2 is 1.93 bits per heavy atom. The molecule has 0 aromatic heterocycles. The minimum absolute atomic E-state index is 0.0618. The molecule has 29 heavy (non-hydrogen) atoms. The van der Waals surface area contributed by atoms with E-state index in [0.29, 0.717) is 19.4 Å². The molecule has 4 rings (SSSR count). The van der Waals surface area contributed by atoms with Crippen LogP contribution < -0.4 is 4.74 Å². The summed E-state index contributed by atoms with van der Waals surface area (Å²) >= 11 is 0. The maximum absolute atomic E-state index is 10.1. The lowest BCUT2D eigenvalue weighted by molar-refractivity contribution is -0.113. The first-order valence-electron chi connectivity index (χ1n) is 10.5. The van der Waals surface area contributed by atoms with Gasteiger partial charge in [0.1, 0.15) is 11.9 Å². The highest BCUT2D eigenvalue weighted by molar-refractivity contribution is 5.38. The van der Waals surface area contributed by atoms with Gasteiger partial charge in [-0.05, 0) is 47.7 Å². The van der Waals surface area contributed by atoms with Gasteiger partial charge >= 0.3 is 0 Å². The van der Waals surface area contributed by atoms with Gasteiger partial charge in [0, 0.05) is 19.3 Å². The summed E-state index contributed by atoms with van der Waals surface area (Å²) in [7, 11) is 0. The smallest absolute Gasteiger partial charge is 0.124 e. The summed E-state index contributed by atoms with van der Waals surface area (Å²) in [5.74, 6) is 0.884. The molecule has 2 aromatic rings. The molecule has 2 aromatic carbocycles. The third-order valence-corrected chi connectivity index (χ3v) is 5.84. The minimum Gasteiger partial charge on any atom is -0.488 e. The van der Waals surface area contributed by atoms with E-state index in [2.05, 4.69) is 37.3 Å². The molecule has 2 heterocycles. The van der Waals surface area contributed by atoms with Gasteiger partial charge in [-0.2, -0.15) is 0 Å². The minimum atomic E-state index is -0.437. The largest absolute Gasteiger partial charge is 0.488 e. The molecule has 2 aliphatic heterocycles. The van der Waals surface area contributed by atoms with Crippen molar-refractivity contribution in [2.75, 3.05) is 19.8 Å². The lowest BCUT2D eigenvalue weighted by Crippen LogP contribution is -2.33. The molecule has 2 fully saturated rings. The van der Waals surface area contributed by atoms with Gasteiger partial charge in [0.05, 0.1) is 38.1 Å². The Hall–Kier alpha value is -1.92. The molecule has 0 spiro atoms. The average molecular weight is 398 g/mol. The van der Waals surface area contributed by atoms with Crippen molar-refractivity contribution in [3.05, 3.63) is 64.7 Å². The molecular weight excluding hydrogens is 368 g/mol. The predicted molar refractivity (Wildman–Crippen MR) is 110 cm³/mol. The van der Waals surface area contributed by atoms with Crippen LogP contribution in [0.15, 0.2) is 42.5 Å². The Balaban J connectivity index is 1.45. The summed E-state index contributed by atoms with van der Waals surface area (Å²) in [6.07, 6.45) is 2.07. The van der Waals surface area contributed by atoms with Crippen molar-refractivity contribution in [3.63, 3.8) is 0 Å². The first kappa shape index (κ1) is 20.4. The van der Waals surface area contributed by atoms with Gasteiger partial charge in [0.25, 0.3) is 0 Å². The highest BCUT2D eigenvalue weighted by Crippen LogP contribution is 2.33. The average Bonchev–Trinajstić information content (AvgIpc) is 3.23. The van der Waals surface area contributed by atoms with Gasteiger partial charge in [0.2, 0.25) is 0 Å². The zero-order chi connectivity index (χ0) is 20.2. The second kappa shape index (κ2) is 9.26. The number of hydrogen-bond donors (Lipinski definition) is 2. The Kier molecular flexibility index (Phi) is 6.50. The highest BCUT2D eigenvalue weighted by atomic mass is 16.5. The van der Waals surface area contributed by atoms with Crippen LogP contribution >= 0.6 is 0 Å². The fraction of sp³-hybridized carbons (Fsp3) is 0.500. The number of ether oxygens (including phenoxy) is 3. The van der Waals surface area contributed by atoms with Crippen LogP contribution in [0.25, 0.3) is 0 Å². The summed E-state index contributed by atoms with van der Waals surface area (Å²) < 4.78 is 17.3. The molecule has 2 saturated heterocycles. The normalized spacial score (nSPS) is 27.1. The molecule has 0 amide bonds. The molecule has 0 unspecified atom stereocenters. The number of aliphatic hydroxyl groups excluding tert-OH is 2. The van der Waals surface area contributed by atoms with E-state index in [4.69, 9.17) is 14.2 Å². The molecule has 0 radical (unpaired) electrons. The first-order chi connectivity index (χ1) is 14.1. The first-order valence-corrected chi connectivity index (χ1v) is 10.5. The second-order valence-corrected chi connectivity index (χ2v) is 8.16. The quantitative estimate of drug-likeness (QED) is 0.781. The molecule has 5 heteroatoms. The molecule has 5 nitrogen and oxygen atoms in total. The second-order valence-electron chi connectivity index (χ2n) is 8.16. The van der Waals surface area contributed by atoms with Crippen molar-refractivity contribution in [3.8, 4) is 5.75 Å². The van der Waals surface area contributed by atoms with Crippen LogP contribution in [-0.2, 0) is 15.9 Å². The number of aliphatic hydroxyl groups is 2. The van der Waals surface area contributed by atoms with E-state index in [1.54, 1.807) is 0 Å². The van der Waals surface area contributed by atoms with Crippen molar-refractivity contribution in [2.24, 2.45) is 0 Å². The molecule has 0 bridgehead atoms. The van der Waals surface area contributed by atoms with Gasteiger partial charge in [0.15, 0.2) is 0 Å². The molecule has 4 atom stereocenters. The number of hydrogen-bond acceptors (Lipinski definition) is 5. The fourth-order valence-corrected chi connectivity index (χ4v) is 4.11. The third-order valence-electron chi connectivity index (χ3n) is 5.84. The van der Waals surface area contributed by atoms with E-state index in [1.165, 1.54) is 16.7 Å². The monoisotopic (exact) mass is 398 g/mol. The van der Waals surface area contributed by atoms with E-state index in [1.807, 2.05) is 12.1 Å². The van der Waals surface area contributed by atoms with Crippen LogP contribution in [0.3, 0.4) is 0 Å². The van der Waals surface area contributed by atoms with Crippen LogP contribution in [0.4, 0.5) is 0 Å². The van der Waals surface area contributed by atoms with E-state index in [0.717, 1.165) is 30.8 Å². The van der Waals surface area contributed by atoms with E-state index < -0.39 is 6.10 Å². The Morgan fingerprint density at radius 1 is 1.10 bits per heavy atom. The standard InChI is InChI=1S/C24H30O5/c1-16-2-5-18(24-13-20(26)12-23(14-25)29-24)11-19(16)10-17-3-6-21(7-4-17)28-22-8-9-27-15-22/h2-7,11,20,22-26H,8-10,12-15H2,1H3/t20-,22+,23-,24+/m0/s1. The highest BCUT2D eigenvalue weighted by Gasteiger charge is 2.29. The van der Waals surface area contributed by atoms with Crippen molar-refractivity contribution < 1.29 is 24.4 Å². The van der Waals surface area contributed by atoms with E-state index >= 15 is 0 Å². The van der Waals surface area contributed by atoms with E-state index in [-0.39, 0.29) is 24.9 Å². The molecule has 156 valence electrons. The number of aryl methyl sites for hydroxylation is 1. The summed E-state index contributed by atoms with van der Waals surface area (Å²) in [6, 6.07) is 14.6. The molecule has 0 saturated carbocycles. The molecular formula is C24H30O5. The van der Waals surface area contributed by atoms with Crippen LogP contribution in [0.1, 0.15) is 47.6 Å². The summed E-state index contributed by atoms with van der Waals surface area (Å²) in [5, 5.41) is 19.5. The topological polar surface area (TPSA) is 68.2 Å². The Labute approximate surface area is 172 Å². The van der Waals surface area contributed by atoms with Crippen LogP contribution in [0.2, 0.25) is 0 Å². The van der Waals surface area contributed by atoms with Crippen molar-refractivity contribution >= 4 is 0 Å². The maximum Gasteiger partial charge on any atom is 0.124 e. The Morgan fingerprint density at radius 3 is 2.66 bits per heavy atom. The predicted octanol–water partition coefficient (Wildman–Crippen LogP) is 3.33.